The predicted molar refractivity (Wildman–Crippen MR) is 97.6 cm³/mol. The van der Waals surface area contributed by atoms with Gasteiger partial charge >= 0.3 is 0 Å². The van der Waals surface area contributed by atoms with E-state index in [4.69, 9.17) is 4.74 Å². The Balaban J connectivity index is 1.65. The Hall–Kier alpha value is -3.08. The number of hydrogen-bond donors (Lipinski definition) is 2. The van der Waals surface area contributed by atoms with Gasteiger partial charge in [-0.1, -0.05) is 43.3 Å². The van der Waals surface area contributed by atoms with E-state index in [1.165, 1.54) is 5.56 Å². The average Bonchev–Trinajstić information content (AvgIpc) is 3.17. The first-order chi connectivity index (χ1) is 12.2. The summed E-state index contributed by atoms with van der Waals surface area (Å²) in [5, 5.41) is 9.92. The third kappa shape index (κ3) is 4.07. The second-order valence-corrected chi connectivity index (χ2v) is 5.75. The number of aromatic nitrogens is 2. The molecule has 0 atom stereocenters. The SMILES string of the molecule is CCc1ccc(CNC(=O)c2cc(-c3cccc(OC)c3)n[nH]2)cc1. The lowest BCUT2D eigenvalue weighted by Gasteiger charge is -2.04. The first kappa shape index (κ1) is 16.8. The van der Waals surface area contributed by atoms with E-state index in [1.807, 2.05) is 36.4 Å². The highest BCUT2D eigenvalue weighted by molar-refractivity contribution is 5.93. The lowest BCUT2D eigenvalue weighted by atomic mass is 10.1. The molecular formula is C20H21N3O2. The summed E-state index contributed by atoms with van der Waals surface area (Å²) in [6, 6.07) is 17.5. The lowest BCUT2D eigenvalue weighted by molar-refractivity contribution is 0.0946. The maximum Gasteiger partial charge on any atom is 0.269 e. The number of carbonyl (C=O) groups excluding carboxylic acids is 1. The highest BCUT2D eigenvalue weighted by Gasteiger charge is 2.11. The van der Waals surface area contributed by atoms with Crippen LogP contribution in [0.25, 0.3) is 11.3 Å². The van der Waals surface area contributed by atoms with Gasteiger partial charge < -0.3 is 10.1 Å². The zero-order valence-electron chi connectivity index (χ0n) is 14.4. The number of H-pyrrole nitrogens is 1. The summed E-state index contributed by atoms with van der Waals surface area (Å²) < 4.78 is 5.22. The van der Waals surface area contributed by atoms with E-state index >= 15 is 0 Å². The monoisotopic (exact) mass is 335 g/mol. The molecule has 0 bridgehead atoms. The molecule has 1 amide bonds. The highest BCUT2D eigenvalue weighted by Crippen LogP contribution is 2.22. The van der Waals surface area contributed by atoms with Gasteiger partial charge in [-0.3, -0.25) is 9.89 Å². The number of nitrogens with one attached hydrogen (secondary N) is 2. The van der Waals surface area contributed by atoms with Crippen LogP contribution in [-0.2, 0) is 13.0 Å². The Kier molecular flexibility index (Phi) is 5.14. The molecule has 5 nitrogen and oxygen atoms in total. The van der Waals surface area contributed by atoms with Crippen molar-refractivity contribution in [1.29, 1.82) is 0 Å². The lowest BCUT2D eigenvalue weighted by Crippen LogP contribution is -2.23. The minimum absolute atomic E-state index is 0.179. The first-order valence-electron chi connectivity index (χ1n) is 8.25. The zero-order chi connectivity index (χ0) is 17.6. The van der Waals surface area contributed by atoms with Crippen molar-refractivity contribution in [3.63, 3.8) is 0 Å². The van der Waals surface area contributed by atoms with E-state index in [0.717, 1.165) is 23.3 Å². The van der Waals surface area contributed by atoms with Crippen molar-refractivity contribution in [3.8, 4) is 17.0 Å². The molecule has 0 spiro atoms. The minimum atomic E-state index is -0.179. The van der Waals surface area contributed by atoms with Crippen LogP contribution in [-0.4, -0.2) is 23.2 Å². The van der Waals surface area contributed by atoms with E-state index in [1.54, 1.807) is 13.2 Å². The molecule has 1 heterocycles. The molecule has 3 aromatic rings. The number of rotatable bonds is 6. The van der Waals surface area contributed by atoms with Gasteiger partial charge in [-0.15, -0.1) is 0 Å². The summed E-state index contributed by atoms with van der Waals surface area (Å²) in [6.45, 7) is 2.60. The summed E-state index contributed by atoms with van der Waals surface area (Å²) >= 11 is 0. The van der Waals surface area contributed by atoms with Crippen molar-refractivity contribution in [2.24, 2.45) is 0 Å². The molecule has 0 aliphatic carbocycles. The molecule has 2 N–H and O–H groups in total. The smallest absolute Gasteiger partial charge is 0.269 e. The van der Waals surface area contributed by atoms with Crippen LogP contribution >= 0.6 is 0 Å². The fourth-order valence-electron chi connectivity index (χ4n) is 2.54. The summed E-state index contributed by atoms with van der Waals surface area (Å²) in [6.07, 6.45) is 1.01. The molecule has 0 aliphatic rings. The third-order valence-electron chi connectivity index (χ3n) is 4.07. The number of aryl methyl sites for hydroxylation is 1. The molecule has 0 saturated heterocycles. The van der Waals surface area contributed by atoms with Crippen molar-refractivity contribution in [2.75, 3.05) is 7.11 Å². The second-order valence-electron chi connectivity index (χ2n) is 5.75. The number of aromatic amines is 1. The zero-order valence-corrected chi connectivity index (χ0v) is 14.4. The second kappa shape index (κ2) is 7.66. The van der Waals surface area contributed by atoms with E-state index in [-0.39, 0.29) is 5.91 Å². The normalized spacial score (nSPS) is 10.5. The quantitative estimate of drug-likeness (QED) is 0.723. The fraction of sp³-hybridized carbons (Fsp3) is 0.200. The van der Waals surface area contributed by atoms with Crippen molar-refractivity contribution < 1.29 is 9.53 Å². The van der Waals surface area contributed by atoms with Crippen LogP contribution in [0.15, 0.2) is 54.6 Å². The van der Waals surface area contributed by atoms with Gasteiger partial charge in [-0.05, 0) is 35.7 Å². The molecule has 0 aliphatic heterocycles. The topological polar surface area (TPSA) is 67.0 Å². The van der Waals surface area contributed by atoms with Crippen LogP contribution in [0.4, 0.5) is 0 Å². The van der Waals surface area contributed by atoms with E-state index < -0.39 is 0 Å². The Morgan fingerprint density at radius 3 is 2.60 bits per heavy atom. The maximum atomic E-state index is 12.3. The van der Waals surface area contributed by atoms with Gasteiger partial charge in [0.1, 0.15) is 11.4 Å². The molecule has 0 radical (unpaired) electrons. The van der Waals surface area contributed by atoms with Crippen molar-refractivity contribution in [2.45, 2.75) is 19.9 Å². The van der Waals surface area contributed by atoms with Crippen LogP contribution in [0.2, 0.25) is 0 Å². The van der Waals surface area contributed by atoms with Gasteiger partial charge in [0.05, 0.1) is 12.8 Å². The standard InChI is InChI=1S/C20H21N3O2/c1-3-14-7-9-15(10-8-14)13-21-20(24)19-12-18(22-23-19)16-5-4-6-17(11-16)25-2/h4-12H,3,13H2,1-2H3,(H,21,24)(H,22,23). The van der Waals surface area contributed by atoms with Gasteiger partial charge in [-0.25, -0.2) is 0 Å². The Morgan fingerprint density at radius 2 is 1.88 bits per heavy atom. The maximum absolute atomic E-state index is 12.3. The molecule has 5 heteroatoms. The highest BCUT2D eigenvalue weighted by atomic mass is 16.5. The number of hydrogen-bond acceptors (Lipinski definition) is 3. The Labute approximate surface area is 147 Å². The summed E-state index contributed by atoms with van der Waals surface area (Å²) in [7, 11) is 1.62. The van der Waals surface area contributed by atoms with Crippen LogP contribution in [0.5, 0.6) is 5.75 Å². The molecule has 0 unspecified atom stereocenters. The molecule has 3 rings (SSSR count). The molecule has 128 valence electrons. The van der Waals surface area contributed by atoms with Gasteiger partial charge in [-0.2, -0.15) is 5.10 Å². The average molecular weight is 335 g/mol. The van der Waals surface area contributed by atoms with E-state index in [9.17, 15) is 4.79 Å². The number of carbonyl (C=O) groups is 1. The first-order valence-corrected chi connectivity index (χ1v) is 8.25. The number of methoxy groups -OCH3 is 1. The van der Waals surface area contributed by atoms with Crippen LogP contribution in [0, 0.1) is 0 Å². The van der Waals surface area contributed by atoms with Crippen molar-refractivity contribution in [1.82, 2.24) is 15.5 Å². The number of amides is 1. The molecule has 0 saturated carbocycles. The molecule has 1 aromatic heterocycles. The molecule has 25 heavy (non-hydrogen) atoms. The number of benzene rings is 2. The van der Waals surface area contributed by atoms with Crippen LogP contribution in [0.3, 0.4) is 0 Å². The van der Waals surface area contributed by atoms with Crippen molar-refractivity contribution in [3.05, 3.63) is 71.4 Å². The fourth-order valence-corrected chi connectivity index (χ4v) is 2.54. The van der Waals surface area contributed by atoms with Crippen LogP contribution < -0.4 is 10.1 Å². The number of nitrogens with zero attached hydrogens (tertiary/aromatic N) is 1. The van der Waals surface area contributed by atoms with E-state index in [0.29, 0.717) is 17.9 Å². The Morgan fingerprint density at radius 1 is 1.12 bits per heavy atom. The molecular weight excluding hydrogens is 314 g/mol. The Bertz CT molecular complexity index is 853. The summed E-state index contributed by atoms with van der Waals surface area (Å²) in [4.78, 5) is 12.3. The predicted octanol–water partition coefficient (Wildman–Crippen LogP) is 3.58. The minimum Gasteiger partial charge on any atom is -0.497 e. The van der Waals surface area contributed by atoms with Crippen molar-refractivity contribution >= 4 is 5.91 Å². The molecule has 2 aromatic carbocycles. The van der Waals surface area contributed by atoms with E-state index in [2.05, 4.69) is 34.6 Å². The van der Waals surface area contributed by atoms with Gasteiger partial charge in [0.25, 0.3) is 5.91 Å². The van der Waals surface area contributed by atoms with Gasteiger partial charge in [0.15, 0.2) is 0 Å². The molecule has 0 fully saturated rings. The summed E-state index contributed by atoms with van der Waals surface area (Å²) in [5.41, 5.74) is 4.38. The third-order valence-corrected chi connectivity index (χ3v) is 4.07. The largest absolute Gasteiger partial charge is 0.497 e. The summed E-state index contributed by atoms with van der Waals surface area (Å²) in [5.74, 6) is 0.572. The van der Waals surface area contributed by atoms with Crippen LogP contribution in [0.1, 0.15) is 28.5 Å². The number of ether oxygens (including phenoxy) is 1. The van der Waals surface area contributed by atoms with Gasteiger partial charge in [0, 0.05) is 12.1 Å². The van der Waals surface area contributed by atoms with Gasteiger partial charge in [0.2, 0.25) is 0 Å².